The van der Waals surface area contributed by atoms with Crippen LogP contribution in [0, 0.1) is 0 Å². The Morgan fingerprint density at radius 1 is 0.481 bits per heavy atom. The van der Waals surface area contributed by atoms with Gasteiger partial charge in [0, 0.05) is 118 Å². The van der Waals surface area contributed by atoms with Crippen molar-refractivity contribution in [2.24, 2.45) is 0 Å². The Labute approximate surface area is 317 Å². The first-order valence-electron chi connectivity index (χ1n) is 19.7. The number of nitrogens with zero attached hydrogens (tertiary/aromatic N) is 8. The van der Waals surface area contributed by atoms with Gasteiger partial charge in [-0.25, -0.2) is 0 Å². The Bertz CT molecular complexity index is 1440. The van der Waals surface area contributed by atoms with Gasteiger partial charge in [0.05, 0.1) is 35.7 Å². The van der Waals surface area contributed by atoms with Crippen molar-refractivity contribution in [1.29, 1.82) is 0 Å². The highest BCUT2D eigenvalue weighted by Gasteiger charge is 2.21. The van der Waals surface area contributed by atoms with Crippen LogP contribution in [0.2, 0.25) is 0 Å². The monoisotopic (exact) mass is 714 g/mol. The number of hydrogen-bond donors (Lipinski definition) is 1. The molecule has 0 radical (unpaired) electrons. The van der Waals surface area contributed by atoms with Gasteiger partial charge in [-0.15, -0.1) is 0 Å². The second-order valence-corrected chi connectivity index (χ2v) is 18.1. The Balaban J connectivity index is 0.000000175. The predicted octanol–water partition coefficient (Wildman–Crippen LogP) is 6.83. The molecule has 0 bridgehead atoms. The second-order valence-electron chi connectivity index (χ2n) is 18.1. The highest BCUT2D eigenvalue weighted by atomic mass is 15.3. The lowest BCUT2D eigenvalue weighted by Crippen LogP contribution is -2.48. The number of pyridine rings is 3. The van der Waals surface area contributed by atoms with Crippen LogP contribution in [0.4, 0.5) is 17.1 Å². The van der Waals surface area contributed by atoms with E-state index in [-0.39, 0.29) is 16.2 Å². The Kier molecular flexibility index (Phi) is 14.5. The third-order valence-corrected chi connectivity index (χ3v) is 10.3. The van der Waals surface area contributed by atoms with E-state index in [4.69, 9.17) is 0 Å². The van der Waals surface area contributed by atoms with E-state index in [1.165, 1.54) is 17.1 Å². The molecule has 3 aliphatic rings. The van der Waals surface area contributed by atoms with Crippen LogP contribution in [0.3, 0.4) is 0 Å². The van der Waals surface area contributed by atoms with Crippen LogP contribution in [-0.2, 0) is 16.2 Å². The summed E-state index contributed by atoms with van der Waals surface area (Å²) in [6.45, 7) is 37.6. The van der Waals surface area contributed by atoms with E-state index < -0.39 is 0 Å². The fourth-order valence-corrected chi connectivity index (χ4v) is 6.53. The maximum atomic E-state index is 4.62. The maximum absolute atomic E-state index is 4.62. The highest BCUT2D eigenvalue weighted by molar-refractivity contribution is 5.47. The lowest BCUT2D eigenvalue weighted by atomic mass is 9.92. The molecule has 3 aliphatic heterocycles. The minimum absolute atomic E-state index is 0.134. The van der Waals surface area contributed by atoms with Crippen molar-refractivity contribution in [3.63, 3.8) is 0 Å². The molecule has 0 amide bonds. The molecule has 0 atom stereocenters. The molecule has 0 aliphatic carbocycles. The fourth-order valence-electron chi connectivity index (χ4n) is 6.53. The second kappa shape index (κ2) is 18.2. The zero-order valence-electron chi connectivity index (χ0n) is 34.8. The van der Waals surface area contributed by atoms with Gasteiger partial charge in [0.2, 0.25) is 0 Å². The summed E-state index contributed by atoms with van der Waals surface area (Å²) < 4.78 is 0. The number of likely N-dealkylation sites (N-methyl/N-ethyl adjacent to an activating group) is 1. The van der Waals surface area contributed by atoms with Gasteiger partial charge in [0.15, 0.2) is 0 Å². The molecule has 6 heterocycles. The SMILES string of the molecule is CC(C)(C)c1ccc(N2CCNCC2)cn1.CC(C)N1CCN(c2ccc(C(C)(C)C)nc2)CC1.CN1CCN(c2ccc(C(C)(C)C)nc2)CC1. The molecule has 3 aromatic rings. The summed E-state index contributed by atoms with van der Waals surface area (Å²) in [5.74, 6) is 0. The summed E-state index contributed by atoms with van der Waals surface area (Å²) in [4.78, 5) is 25.9. The number of hydrogen-bond acceptors (Lipinski definition) is 9. The molecule has 3 aromatic heterocycles. The molecular weight excluding hydrogens is 643 g/mol. The largest absolute Gasteiger partial charge is 0.368 e. The van der Waals surface area contributed by atoms with E-state index in [0.29, 0.717) is 6.04 Å². The number of aromatic nitrogens is 3. The smallest absolute Gasteiger partial charge is 0.0553 e. The molecule has 9 heteroatoms. The van der Waals surface area contributed by atoms with Crippen LogP contribution in [0.1, 0.15) is 93.2 Å². The van der Waals surface area contributed by atoms with Crippen molar-refractivity contribution in [3.05, 3.63) is 72.1 Å². The summed E-state index contributed by atoms with van der Waals surface area (Å²) in [7, 11) is 2.18. The van der Waals surface area contributed by atoms with E-state index >= 15 is 0 Å². The number of nitrogens with one attached hydrogen (secondary N) is 1. The number of piperazine rings is 3. The molecule has 9 nitrogen and oxygen atoms in total. The molecule has 6 rings (SSSR count). The fraction of sp³-hybridized carbons (Fsp3) is 0.651. The van der Waals surface area contributed by atoms with Gasteiger partial charge < -0.3 is 24.9 Å². The van der Waals surface area contributed by atoms with E-state index in [9.17, 15) is 0 Å². The van der Waals surface area contributed by atoms with Crippen LogP contribution in [0.15, 0.2) is 55.0 Å². The van der Waals surface area contributed by atoms with Crippen LogP contribution >= 0.6 is 0 Å². The quantitative estimate of drug-likeness (QED) is 0.314. The van der Waals surface area contributed by atoms with Gasteiger partial charge in [-0.2, -0.15) is 0 Å². The first-order chi connectivity index (χ1) is 24.4. The molecule has 1 N–H and O–H groups in total. The van der Waals surface area contributed by atoms with Crippen molar-refractivity contribution < 1.29 is 0 Å². The lowest BCUT2D eigenvalue weighted by molar-refractivity contribution is 0.209. The zero-order valence-corrected chi connectivity index (χ0v) is 34.8. The van der Waals surface area contributed by atoms with Crippen LogP contribution in [0.5, 0.6) is 0 Å². The van der Waals surface area contributed by atoms with Gasteiger partial charge in [0.25, 0.3) is 0 Å². The van der Waals surface area contributed by atoms with E-state index in [1.807, 2.05) is 18.6 Å². The summed E-state index contributed by atoms with van der Waals surface area (Å²) in [6.07, 6.45) is 6.06. The minimum atomic E-state index is 0.134. The van der Waals surface area contributed by atoms with Crippen molar-refractivity contribution in [2.45, 2.75) is 98.4 Å². The molecule has 0 spiro atoms. The van der Waals surface area contributed by atoms with Crippen molar-refractivity contribution in [2.75, 3.05) is 100 Å². The molecule has 0 aromatic carbocycles. The normalized spacial score (nSPS) is 18.1. The Hall–Kier alpha value is -3.27. The average molecular weight is 714 g/mol. The Morgan fingerprint density at radius 3 is 1.10 bits per heavy atom. The minimum Gasteiger partial charge on any atom is -0.368 e. The average Bonchev–Trinajstić information content (AvgIpc) is 3.12. The predicted molar refractivity (Wildman–Crippen MR) is 223 cm³/mol. The van der Waals surface area contributed by atoms with Crippen molar-refractivity contribution in [1.82, 2.24) is 30.1 Å². The molecule has 0 unspecified atom stereocenters. The highest BCUT2D eigenvalue weighted by Crippen LogP contribution is 2.25. The third-order valence-electron chi connectivity index (χ3n) is 10.3. The summed E-state index contributed by atoms with van der Waals surface area (Å²) >= 11 is 0. The topological polar surface area (TPSA) is 66.9 Å². The van der Waals surface area contributed by atoms with Crippen LogP contribution in [-0.4, -0.2) is 116 Å². The first-order valence-corrected chi connectivity index (χ1v) is 19.7. The maximum Gasteiger partial charge on any atom is 0.0553 e. The summed E-state index contributed by atoms with van der Waals surface area (Å²) in [5.41, 5.74) is 7.66. The van der Waals surface area contributed by atoms with Gasteiger partial charge >= 0.3 is 0 Å². The van der Waals surface area contributed by atoms with Crippen molar-refractivity contribution in [3.8, 4) is 0 Å². The molecule has 3 fully saturated rings. The zero-order chi connectivity index (χ0) is 38.1. The third kappa shape index (κ3) is 12.4. The number of anilines is 3. The van der Waals surface area contributed by atoms with Crippen molar-refractivity contribution >= 4 is 17.1 Å². The van der Waals surface area contributed by atoms with Crippen LogP contribution in [0.25, 0.3) is 0 Å². The molecule has 288 valence electrons. The van der Waals surface area contributed by atoms with Gasteiger partial charge in [0.1, 0.15) is 0 Å². The Morgan fingerprint density at radius 2 is 0.808 bits per heavy atom. The van der Waals surface area contributed by atoms with E-state index in [0.717, 1.165) is 95.6 Å². The first kappa shape index (κ1) is 41.5. The van der Waals surface area contributed by atoms with Gasteiger partial charge in [-0.05, 0) is 57.3 Å². The molecule has 52 heavy (non-hydrogen) atoms. The van der Waals surface area contributed by atoms with Gasteiger partial charge in [-0.1, -0.05) is 62.3 Å². The van der Waals surface area contributed by atoms with Gasteiger partial charge in [-0.3, -0.25) is 19.9 Å². The lowest BCUT2D eigenvalue weighted by Gasteiger charge is -2.38. The van der Waals surface area contributed by atoms with E-state index in [2.05, 4.69) is 164 Å². The molecule has 0 saturated carbocycles. The summed E-state index contributed by atoms with van der Waals surface area (Å²) in [5, 5.41) is 3.36. The molecule has 3 saturated heterocycles. The molecular formula is C43H71N9. The number of rotatable bonds is 4. The van der Waals surface area contributed by atoms with E-state index in [1.54, 1.807) is 0 Å². The standard InChI is InChI=1S/C16H27N3.C14H23N3.C13H21N3/c1-13(2)18-8-10-19(11-9-18)14-6-7-15(17-12-14)16(3,4)5;1-14(2,3)13-6-5-12(11-15-13)17-9-7-16(4)8-10-17;1-13(2,3)12-5-4-11(10-15-12)16-8-6-14-7-9-16/h6-7,12-13H,8-11H2,1-5H3;5-6,11H,7-10H2,1-4H3;4-5,10,14H,6-9H2,1-3H3. The summed E-state index contributed by atoms with van der Waals surface area (Å²) in [6, 6.07) is 13.8. The van der Waals surface area contributed by atoms with Crippen LogP contribution < -0.4 is 20.0 Å².